The average Bonchev–Trinajstić information content (AvgIpc) is 2.98. The van der Waals surface area contributed by atoms with Gasteiger partial charge in [0.25, 0.3) is 5.56 Å². The van der Waals surface area contributed by atoms with Crippen LogP contribution in [0.25, 0.3) is 11.0 Å². The summed E-state index contributed by atoms with van der Waals surface area (Å²) >= 11 is 3.40. The van der Waals surface area contributed by atoms with Crippen LogP contribution in [0.3, 0.4) is 0 Å². The monoisotopic (exact) mass is 442 g/mol. The summed E-state index contributed by atoms with van der Waals surface area (Å²) in [4.78, 5) is 26.0. The first-order chi connectivity index (χ1) is 13.2. The highest BCUT2D eigenvalue weighted by atomic mass is 79.9. The summed E-state index contributed by atoms with van der Waals surface area (Å²) in [6.07, 6.45) is 0.548. The van der Waals surface area contributed by atoms with Crippen molar-refractivity contribution < 1.29 is 14.3 Å². The van der Waals surface area contributed by atoms with Crippen molar-refractivity contribution in [3.05, 3.63) is 61.0 Å². The summed E-state index contributed by atoms with van der Waals surface area (Å²) < 4.78 is 7.71. The van der Waals surface area contributed by atoms with Crippen LogP contribution in [-0.2, 0) is 0 Å². The van der Waals surface area contributed by atoms with E-state index in [-0.39, 0.29) is 28.5 Å². The molecule has 0 fully saturated rings. The topological polar surface area (TPSA) is 96.2 Å². The molecular weight excluding hydrogens is 424 g/mol. The molecule has 3 aromatic rings. The largest absolute Gasteiger partial charge is 0.494 e. The van der Waals surface area contributed by atoms with Crippen LogP contribution in [-0.4, -0.2) is 15.5 Å². The number of benzene rings is 1. The van der Waals surface area contributed by atoms with Crippen molar-refractivity contribution in [3.8, 4) is 11.9 Å². The van der Waals surface area contributed by atoms with Gasteiger partial charge in [0.2, 0.25) is 11.7 Å². The van der Waals surface area contributed by atoms with Crippen molar-refractivity contribution in [3.63, 3.8) is 0 Å². The quantitative estimate of drug-likeness (QED) is 0.587. The van der Waals surface area contributed by atoms with Crippen molar-refractivity contribution >= 4 is 32.7 Å². The molecule has 0 aliphatic heterocycles. The van der Waals surface area contributed by atoms with Gasteiger partial charge in [-0.15, -0.1) is 0 Å². The molecule has 1 N–H and O–H groups in total. The van der Waals surface area contributed by atoms with Gasteiger partial charge < -0.3 is 9.52 Å². The highest BCUT2D eigenvalue weighted by Crippen LogP contribution is 2.33. The third-order valence-corrected chi connectivity index (χ3v) is 5.60. The van der Waals surface area contributed by atoms with Crippen LogP contribution in [0.5, 0.6) is 5.88 Å². The van der Waals surface area contributed by atoms with E-state index in [4.69, 9.17) is 4.42 Å². The summed E-state index contributed by atoms with van der Waals surface area (Å²) in [5.41, 5.74) is 0.469. The standard InChI is InChI=1S/C21H19BrN2O4/c1-5-10(2)24-20(26)15(9-23)11(3)17(21(24)27)18(25)19-12(4)14-8-13(22)6-7-16(14)28-19/h6-8,10,27H,5H2,1-4H3. The molecule has 0 amide bonds. The fourth-order valence-electron chi connectivity index (χ4n) is 3.31. The molecule has 0 radical (unpaired) electrons. The van der Waals surface area contributed by atoms with Gasteiger partial charge in [0, 0.05) is 21.5 Å². The van der Waals surface area contributed by atoms with E-state index in [2.05, 4.69) is 15.9 Å². The van der Waals surface area contributed by atoms with E-state index in [0.29, 0.717) is 17.6 Å². The zero-order valence-corrected chi connectivity index (χ0v) is 17.5. The van der Waals surface area contributed by atoms with Gasteiger partial charge in [-0.2, -0.15) is 5.26 Å². The van der Waals surface area contributed by atoms with Crippen molar-refractivity contribution in [1.29, 1.82) is 5.26 Å². The number of fused-ring (bicyclic) bond motifs is 1. The predicted octanol–water partition coefficient (Wildman–Crippen LogP) is 4.75. The Morgan fingerprint density at radius 2 is 2.04 bits per heavy atom. The van der Waals surface area contributed by atoms with Crippen LogP contribution in [0.2, 0.25) is 0 Å². The minimum atomic E-state index is -0.603. The summed E-state index contributed by atoms with van der Waals surface area (Å²) in [6, 6.07) is 6.89. The molecule has 2 heterocycles. The highest BCUT2D eigenvalue weighted by molar-refractivity contribution is 9.10. The first-order valence-corrected chi connectivity index (χ1v) is 9.63. The smallest absolute Gasteiger partial charge is 0.271 e. The molecule has 0 aliphatic rings. The van der Waals surface area contributed by atoms with Crippen LogP contribution in [0.4, 0.5) is 0 Å². The van der Waals surface area contributed by atoms with Crippen molar-refractivity contribution in [2.24, 2.45) is 0 Å². The molecule has 144 valence electrons. The van der Waals surface area contributed by atoms with Crippen molar-refractivity contribution in [1.82, 2.24) is 4.57 Å². The van der Waals surface area contributed by atoms with Crippen LogP contribution in [0.15, 0.2) is 31.9 Å². The Kier molecular flexibility index (Phi) is 5.18. The van der Waals surface area contributed by atoms with Gasteiger partial charge >= 0.3 is 0 Å². The zero-order chi connectivity index (χ0) is 20.7. The third-order valence-electron chi connectivity index (χ3n) is 5.11. The molecular formula is C21H19BrN2O4. The molecule has 1 aromatic carbocycles. The van der Waals surface area contributed by atoms with E-state index < -0.39 is 17.2 Å². The first kappa shape index (κ1) is 19.9. The number of furan rings is 1. The predicted molar refractivity (Wildman–Crippen MR) is 109 cm³/mol. The number of carbonyl (C=O) groups excluding carboxylic acids is 1. The summed E-state index contributed by atoms with van der Waals surface area (Å²) in [5, 5.41) is 21.0. The molecule has 0 spiro atoms. The number of ketones is 1. The SMILES string of the molecule is CCC(C)n1c(O)c(C(=O)c2oc3ccc(Br)cc3c2C)c(C)c(C#N)c1=O. The Hall–Kier alpha value is -2.85. The minimum absolute atomic E-state index is 0.0738. The average molecular weight is 443 g/mol. The van der Waals surface area contributed by atoms with Gasteiger partial charge in [-0.25, -0.2) is 0 Å². The van der Waals surface area contributed by atoms with Crippen LogP contribution in [0.1, 0.15) is 59.1 Å². The number of hydrogen-bond acceptors (Lipinski definition) is 5. The number of aryl methyl sites for hydroxylation is 1. The number of hydrogen-bond donors (Lipinski definition) is 1. The van der Waals surface area contributed by atoms with E-state index in [9.17, 15) is 20.0 Å². The van der Waals surface area contributed by atoms with Crippen LogP contribution < -0.4 is 5.56 Å². The van der Waals surface area contributed by atoms with Gasteiger partial charge in [0.15, 0.2) is 5.76 Å². The number of pyridine rings is 1. The summed E-state index contributed by atoms with van der Waals surface area (Å²) in [5.74, 6) is -0.931. The van der Waals surface area contributed by atoms with Crippen LogP contribution >= 0.6 is 15.9 Å². The van der Waals surface area contributed by atoms with E-state index in [1.54, 1.807) is 26.0 Å². The molecule has 3 rings (SSSR count). The Balaban J connectivity index is 2.32. The Bertz CT molecular complexity index is 1210. The number of aromatic nitrogens is 1. The van der Waals surface area contributed by atoms with E-state index in [1.165, 1.54) is 6.92 Å². The Morgan fingerprint density at radius 3 is 2.64 bits per heavy atom. The maximum atomic E-state index is 13.3. The lowest BCUT2D eigenvalue weighted by molar-refractivity contribution is 0.100. The fourth-order valence-corrected chi connectivity index (χ4v) is 3.67. The first-order valence-electron chi connectivity index (χ1n) is 8.84. The number of rotatable bonds is 4. The van der Waals surface area contributed by atoms with Crippen LogP contribution in [0, 0.1) is 25.2 Å². The fraction of sp³-hybridized carbons (Fsp3) is 0.286. The van der Waals surface area contributed by atoms with Gasteiger partial charge in [-0.1, -0.05) is 22.9 Å². The molecule has 28 heavy (non-hydrogen) atoms. The lowest BCUT2D eigenvalue weighted by Gasteiger charge is -2.19. The van der Waals surface area contributed by atoms with E-state index in [1.807, 2.05) is 19.1 Å². The Morgan fingerprint density at radius 1 is 1.36 bits per heavy atom. The lowest BCUT2D eigenvalue weighted by Crippen LogP contribution is -2.28. The van der Waals surface area contributed by atoms with E-state index >= 15 is 0 Å². The van der Waals surface area contributed by atoms with Gasteiger partial charge in [0.05, 0.1) is 5.56 Å². The Labute approximate surface area is 170 Å². The van der Waals surface area contributed by atoms with Crippen molar-refractivity contribution in [2.75, 3.05) is 0 Å². The molecule has 0 aliphatic carbocycles. The second kappa shape index (κ2) is 7.28. The van der Waals surface area contributed by atoms with Gasteiger partial charge in [-0.05, 0) is 51.0 Å². The maximum absolute atomic E-state index is 13.3. The lowest BCUT2D eigenvalue weighted by atomic mass is 9.98. The molecule has 0 bridgehead atoms. The number of nitriles is 1. The third kappa shape index (κ3) is 2.94. The molecule has 2 aromatic heterocycles. The number of halogens is 1. The molecule has 0 saturated carbocycles. The zero-order valence-electron chi connectivity index (χ0n) is 16.0. The number of carbonyl (C=O) groups is 1. The summed E-state index contributed by atoms with van der Waals surface area (Å²) in [6.45, 7) is 6.84. The second-order valence-electron chi connectivity index (χ2n) is 6.77. The molecule has 6 nitrogen and oxygen atoms in total. The molecule has 7 heteroatoms. The molecule has 0 saturated heterocycles. The highest BCUT2D eigenvalue weighted by Gasteiger charge is 2.29. The number of aromatic hydroxyl groups is 1. The minimum Gasteiger partial charge on any atom is -0.494 e. The molecule has 1 atom stereocenters. The van der Waals surface area contributed by atoms with E-state index in [0.717, 1.165) is 14.4 Å². The van der Waals surface area contributed by atoms with Crippen molar-refractivity contribution in [2.45, 2.75) is 40.2 Å². The number of nitrogens with zero attached hydrogens (tertiary/aromatic N) is 2. The van der Waals surface area contributed by atoms with Gasteiger partial charge in [-0.3, -0.25) is 14.2 Å². The maximum Gasteiger partial charge on any atom is 0.271 e. The van der Waals surface area contributed by atoms with Gasteiger partial charge in [0.1, 0.15) is 17.2 Å². The second-order valence-corrected chi connectivity index (χ2v) is 7.68. The molecule has 1 unspecified atom stereocenters. The normalized spacial score (nSPS) is 12.1. The summed E-state index contributed by atoms with van der Waals surface area (Å²) in [7, 11) is 0.